The van der Waals surface area contributed by atoms with Crippen molar-refractivity contribution in [3.05, 3.63) is 34.9 Å². The zero-order valence-electron chi connectivity index (χ0n) is 37.2. The van der Waals surface area contributed by atoms with Crippen LogP contribution in [0.1, 0.15) is 119 Å². The molecule has 0 spiro atoms. The molecule has 4 aliphatic rings. The summed E-state index contributed by atoms with van der Waals surface area (Å²) in [6.07, 6.45) is 4.37. The third kappa shape index (κ3) is 12.3. The molecule has 14 heteroatoms. The summed E-state index contributed by atoms with van der Waals surface area (Å²) in [6, 6.07) is -1.17. The number of methoxy groups -OCH3 is 3. The van der Waals surface area contributed by atoms with Gasteiger partial charge in [-0.25, -0.2) is 4.79 Å². The number of esters is 1. The van der Waals surface area contributed by atoms with Crippen molar-refractivity contribution < 1.29 is 63.0 Å². The molecule has 1 amide bonds. The number of hydrogen-bond acceptors (Lipinski definition) is 13. The molecule has 2 saturated heterocycles. The second kappa shape index (κ2) is 22.3. The lowest BCUT2D eigenvalue weighted by Gasteiger charge is -2.47. The van der Waals surface area contributed by atoms with E-state index in [4.69, 9.17) is 23.7 Å². The van der Waals surface area contributed by atoms with Gasteiger partial charge in [0.25, 0.3) is 11.7 Å². The van der Waals surface area contributed by atoms with Crippen LogP contribution in [0.4, 0.5) is 0 Å². The molecule has 1 saturated carbocycles. The van der Waals surface area contributed by atoms with E-state index in [2.05, 4.69) is 0 Å². The molecule has 13 unspecified atom stereocenters. The lowest BCUT2D eigenvalue weighted by molar-refractivity contribution is -0.302. The number of amides is 1. The van der Waals surface area contributed by atoms with Crippen molar-refractivity contribution in [1.29, 1.82) is 0 Å². The quantitative estimate of drug-likeness (QED) is 0.131. The Morgan fingerprint density at radius 1 is 0.900 bits per heavy atom. The zero-order chi connectivity index (χ0) is 44.5. The van der Waals surface area contributed by atoms with E-state index in [0.29, 0.717) is 62.5 Å². The van der Waals surface area contributed by atoms with Crippen molar-refractivity contribution in [2.24, 2.45) is 23.7 Å². The highest BCUT2D eigenvalue weighted by Gasteiger charge is 2.56. The van der Waals surface area contributed by atoms with E-state index >= 15 is 0 Å². The minimum absolute atomic E-state index is 0.0210. The predicted molar refractivity (Wildman–Crippen MR) is 222 cm³/mol. The molecule has 2 bridgehead atoms. The number of aliphatic hydroxyl groups excluding tert-OH is 2. The summed E-state index contributed by atoms with van der Waals surface area (Å²) in [5, 5.41) is 34.3. The number of hydrogen-bond donors (Lipinski definition) is 3. The third-order valence-corrected chi connectivity index (χ3v) is 13.1. The van der Waals surface area contributed by atoms with Gasteiger partial charge in [-0.15, -0.1) is 0 Å². The molecule has 3 aliphatic heterocycles. The van der Waals surface area contributed by atoms with Gasteiger partial charge >= 0.3 is 5.97 Å². The molecular formula is C46H71NO13. The van der Waals surface area contributed by atoms with Gasteiger partial charge in [0.05, 0.1) is 30.5 Å². The van der Waals surface area contributed by atoms with E-state index in [0.717, 1.165) is 10.5 Å². The second-order valence-corrected chi connectivity index (χ2v) is 18.0. The van der Waals surface area contributed by atoms with Crippen LogP contribution in [0.5, 0.6) is 0 Å². The number of rotatable bonds is 8. The number of aliphatic hydroxyl groups is 3. The number of ether oxygens (including phenoxy) is 5. The maximum absolute atomic E-state index is 14.4. The predicted octanol–water partition coefficient (Wildman–Crippen LogP) is 4.74. The summed E-state index contributed by atoms with van der Waals surface area (Å²) in [5.74, 6) is -7.67. The van der Waals surface area contributed by atoms with Crippen molar-refractivity contribution in [1.82, 2.24) is 4.90 Å². The van der Waals surface area contributed by atoms with E-state index in [1.54, 1.807) is 40.0 Å². The lowest BCUT2D eigenvalue weighted by atomic mass is 9.82. The number of fused-ring (bicyclic) bond motifs is 3. The Labute approximate surface area is 356 Å². The molecule has 13 atom stereocenters. The number of carbonyl (C=O) groups excluding carboxylic acids is 5. The fourth-order valence-corrected chi connectivity index (χ4v) is 9.50. The maximum atomic E-state index is 14.4. The monoisotopic (exact) mass is 845 g/mol. The Morgan fingerprint density at radius 3 is 2.22 bits per heavy atom. The first-order valence-electron chi connectivity index (χ1n) is 21.8. The topological polar surface area (TPSA) is 195 Å². The molecule has 0 aromatic heterocycles. The van der Waals surface area contributed by atoms with Gasteiger partial charge in [0.1, 0.15) is 24.0 Å². The van der Waals surface area contributed by atoms with E-state index in [1.807, 2.05) is 19.9 Å². The minimum atomic E-state index is -2.54. The molecule has 0 aromatic carbocycles. The third-order valence-electron chi connectivity index (χ3n) is 13.1. The number of piperidine rings is 1. The molecule has 3 N–H and O–H groups in total. The first kappa shape index (κ1) is 49.5. The molecule has 0 radical (unpaired) electrons. The van der Waals surface area contributed by atoms with E-state index < -0.39 is 77.9 Å². The van der Waals surface area contributed by atoms with Crippen LogP contribution in [0, 0.1) is 23.7 Å². The van der Waals surface area contributed by atoms with E-state index in [-0.39, 0.29) is 61.7 Å². The Bertz CT molecular complexity index is 1620. The standard InChI is InChI=1S/C46H71NO13/c1-26-19-27(2)21-39(57-8)42-40(58-9)23-29(4)46(55,60-42)43(52)44(53)47-18-11-10-15-34(47)45(54)59-41(28(3)22-32-16-17-35(49)38(24-32)56-7)31(6)36(50)25-37(51)33(20-26)14-12-13-30(5)48/h14,20,22,27,29,31-32,34-36,38-42,49-50,55H,10-13,15-19,21,23-25H2,1-9H3/b26-20+,28-22?,33-14-. The summed E-state index contributed by atoms with van der Waals surface area (Å²) in [4.78, 5) is 70.0. The van der Waals surface area contributed by atoms with Crippen LogP contribution in [-0.2, 0) is 47.7 Å². The van der Waals surface area contributed by atoms with Gasteiger partial charge in [0.2, 0.25) is 5.79 Å². The van der Waals surface area contributed by atoms with Crippen LogP contribution in [0.2, 0.25) is 0 Å². The first-order valence-corrected chi connectivity index (χ1v) is 21.8. The summed E-state index contributed by atoms with van der Waals surface area (Å²) in [6.45, 7) is 10.6. The number of nitrogens with zero attached hydrogens (tertiary/aromatic N) is 1. The molecular weight excluding hydrogens is 774 g/mol. The van der Waals surface area contributed by atoms with Gasteiger partial charge in [0, 0.05) is 58.1 Å². The van der Waals surface area contributed by atoms with Gasteiger partial charge in [-0.3, -0.25) is 14.4 Å². The fourth-order valence-electron chi connectivity index (χ4n) is 9.50. The number of allylic oxidation sites excluding steroid dienone is 5. The maximum Gasteiger partial charge on any atom is 0.329 e. The van der Waals surface area contributed by atoms with Crippen molar-refractivity contribution >= 4 is 29.2 Å². The largest absolute Gasteiger partial charge is 0.456 e. The van der Waals surface area contributed by atoms with Gasteiger partial charge in [0.15, 0.2) is 5.78 Å². The number of cyclic esters (lactones) is 1. The van der Waals surface area contributed by atoms with Gasteiger partial charge < -0.3 is 48.7 Å². The molecule has 338 valence electrons. The van der Waals surface area contributed by atoms with Crippen molar-refractivity contribution in [3.63, 3.8) is 0 Å². The number of ketones is 3. The highest BCUT2D eigenvalue weighted by Crippen LogP contribution is 2.39. The summed E-state index contributed by atoms with van der Waals surface area (Å²) in [7, 11) is 4.57. The van der Waals surface area contributed by atoms with Crippen LogP contribution in [-0.4, -0.2) is 132 Å². The van der Waals surface area contributed by atoms with Crippen LogP contribution in [0.15, 0.2) is 34.9 Å². The Kier molecular flexibility index (Phi) is 18.4. The molecule has 60 heavy (non-hydrogen) atoms. The molecule has 1 aliphatic carbocycles. The summed E-state index contributed by atoms with van der Waals surface area (Å²) < 4.78 is 29.8. The molecule has 0 aromatic rings. The van der Waals surface area contributed by atoms with E-state index in [1.165, 1.54) is 21.1 Å². The van der Waals surface area contributed by atoms with Gasteiger partial charge in [-0.1, -0.05) is 44.6 Å². The van der Waals surface area contributed by atoms with Crippen molar-refractivity contribution in [3.8, 4) is 0 Å². The Balaban J connectivity index is 1.81. The van der Waals surface area contributed by atoms with Crippen LogP contribution >= 0.6 is 0 Å². The molecule has 4 rings (SSSR count). The fraction of sp³-hybridized carbons (Fsp3) is 0.761. The lowest BCUT2D eigenvalue weighted by Crippen LogP contribution is -2.64. The average molecular weight is 846 g/mol. The van der Waals surface area contributed by atoms with E-state index in [9.17, 15) is 39.3 Å². The van der Waals surface area contributed by atoms with Crippen molar-refractivity contribution in [2.75, 3.05) is 27.9 Å². The van der Waals surface area contributed by atoms with Gasteiger partial charge in [-0.05, 0) is 102 Å². The minimum Gasteiger partial charge on any atom is -0.456 e. The average Bonchev–Trinajstić information content (AvgIpc) is 3.21. The summed E-state index contributed by atoms with van der Waals surface area (Å²) in [5.41, 5.74) is 1.84. The number of Topliss-reactive ketones (excluding diaryl/α,β-unsaturated/α-hetero) is 3. The zero-order valence-corrected chi connectivity index (χ0v) is 37.2. The van der Waals surface area contributed by atoms with Gasteiger partial charge in [-0.2, -0.15) is 0 Å². The second-order valence-electron chi connectivity index (χ2n) is 18.0. The SMILES string of the molecule is COC1CC(C=C(C)C2OC(=O)C3CCCCN3C(=O)C(=O)C3(O)OC(C(OC)CC(C)C/C(C)=C/C(=C/CCC(C)=O)C(=O)CC(O)C2C)C(OC)CC3C)CCC1O. The normalized spacial score (nSPS) is 39.0. The summed E-state index contributed by atoms with van der Waals surface area (Å²) >= 11 is 0. The van der Waals surface area contributed by atoms with Crippen LogP contribution in [0.25, 0.3) is 0 Å². The smallest absolute Gasteiger partial charge is 0.329 e. The highest BCUT2D eigenvalue weighted by molar-refractivity contribution is 6.39. The van der Waals surface area contributed by atoms with Crippen LogP contribution in [0.3, 0.4) is 0 Å². The van der Waals surface area contributed by atoms with Crippen LogP contribution < -0.4 is 0 Å². The van der Waals surface area contributed by atoms with Crippen molar-refractivity contribution in [2.45, 2.75) is 173 Å². The molecule has 3 heterocycles. The first-order chi connectivity index (χ1) is 28.3. The number of carbonyl (C=O) groups is 5. The molecule has 3 fully saturated rings. The molecule has 14 nitrogen and oxygen atoms in total. The Morgan fingerprint density at radius 2 is 1.57 bits per heavy atom. The Hall–Kier alpha value is -3.11. The highest BCUT2D eigenvalue weighted by atomic mass is 16.7.